The molecule has 0 aliphatic carbocycles. The average Bonchev–Trinajstić information content (AvgIpc) is 2.52. The first kappa shape index (κ1) is 19.5. The molecule has 0 bridgehead atoms. The van der Waals surface area contributed by atoms with Crippen LogP contribution in [0, 0.1) is 5.92 Å². The molecule has 0 aromatic carbocycles. The summed E-state index contributed by atoms with van der Waals surface area (Å²) in [6.07, 6.45) is 4.05. The number of nitrogens with zero attached hydrogens (tertiary/aromatic N) is 2. The van der Waals surface area contributed by atoms with E-state index in [1.807, 2.05) is 18.7 Å². The molecule has 0 aromatic heterocycles. The van der Waals surface area contributed by atoms with Crippen LogP contribution in [0.25, 0.3) is 0 Å². The lowest BCUT2D eigenvalue weighted by molar-refractivity contribution is -0.140. The van der Waals surface area contributed by atoms with Crippen molar-refractivity contribution in [3.05, 3.63) is 0 Å². The van der Waals surface area contributed by atoms with Crippen LogP contribution in [0.2, 0.25) is 0 Å². The fourth-order valence-corrected chi connectivity index (χ4v) is 3.06. The lowest BCUT2D eigenvalue weighted by Crippen LogP contribution is -2.40. The van der Waals surface area contributed by atoms with E-state index in [4.69, 9.17) is 5.11 Å². The number of carbonyl (C=O) groups is 3. The molecule has 1 heterocycles. The summed E-state index contributed by atoms with van der Waals surface area (Å²) in [5.41, 5.74) is 0. The van der Waals surface area contributed by atoms with Crippen LogP contribution < -0.4 is 0 Å². The second-order valence-electron chi connectivity index (χ2n) is 6.30. The summed E-state index contributed by atoms with van der Waals surface area (Å²) in [6.45, 7) is 6.81. The van der Waals surface area contributed by atoms with Gasteiger partial charge in [-0.15, -0.1) is 0 Å². The number of aliphatic carboxylic acids is 1. The Labute approximate surface area is 138 Å². The molecule has 1 aliphatic heterocycles. The second kappa shape index (κ2) is 10.2. The van der Waals surface area contributed by atoms with Crippen molar-refractivity contribution in [1.29, 1.82) is 0 Å². The molecular formula is C17H30N2O4. The Morgan fingerprint density at radius 2 is 1.61 bits per heavy atom. The van der Waals surface area contributed by atoms with Crippen LogP contribution in [0.4, 0.5) is 0 Å². The van der Waals surface area contributed by atoms with Crippen LogP contribution >= 0.6 is 0 Å². The van der Waals surface area contributed by atoms with Gasteiger partial charge in [0.2, 0.25) is 11.8 Å². The molecule has 0 aromatic rings. The number of piperidine rings is 1. The van der Waals surface area contributed by atoms with Gasteiger partial charge in [0.15, 0.2) is 0 Å². The molecule has 2 amide bonds. The van der Waals surface area contributed by atoms with Crippen molar-refractivity contribution >= 4 is 17.8 Å². The third-order valence-electron chi connectivity index (χ3n) is 4.32. The Morgan fingerprint density at radius 3 is 2.09 bits per heavy atom. The summed E-state index contributed by atoms with van der Waals surface area (Å²) in [4.78, 5) is 38.7. The van der Waals surface area contributed by atoms with Gasteiger partial charge in [0.25, 0.3) is 0 Å². The van der Waals surface area contributed by atoms with Crippen LogP contribution in [0.5, 0.6) is 0 Å². The average molecular weight is 326 g/mol. The van der Waals surface area contributed by atoms with Gasteiger partial charge in [0.05, 0.1) is 0 Å². The molecule has 6 nitrogen and oxygen atoms in total. The first-order valence-corrected chi connectivity index (χ1v) is 8.75. The van der Waals surface area contributed by atoms with E-state index in [-0.39, 0.29) is 37.0 Å². The standard InChI is InChI=1S/C17H30N2O4/c1-3-9-18(10-4-2)15(20)5-6-16(21)19-11-7-14(8-12-19)13-17(22)23/h14H,3-13H2,1-2H3,(H,22,23). The van der Waals surface area contributed by atoms with Crippen LogP contribution in [0.15, 0.2) is 0 Å². The maximum Gasteiger partial charge on any atom is 0.303 e. The van der Waals surface area contributed by atoms with Crippen molar-refractivity contribution in [2.75, 3.05) is 26.2 Å². The summed E-state index contributed by atoms with van der Waals surface area (Å²) in [6, 6.07) is 0. The van der Waals surface area contributed by atoms with Crippen LogP contribution in [-0.2, 0) is 14.4 Å². The first-order valence-electron chi connectivity index (χ1n) is 8.75. The number of likely N-dealkylation sites (tertiary alicyclic amines) is 1. The van der Waals surface area contributed by atoms with Crippen LogP contribution in [0.3, 0.4) is 0 Å². The summed E-state index contributed by atoms with van der Waals surface area (Å²) in [5.74, 6) is -0.530. The number of carboxylic acids is 1. The molecule has 1 saturated heterocycles. The molecule has 0 radical (unpaired) electrons. The van der Waals surface area contributed by atoms with Gasteiger partial charge in [-0.25, -0.2) is 0 Å². The molecular weight excluding hydrogens is 296 g/mol. The molecule has 1 fully saturated rings. The predicted octanol–water partition coefficient (Wildman–Crippen LogP) is 2.13. The van der Waals surface area contributed by atoms with Crippen LogP contribution in [-0.4, -0.2) is 58.9 Å². The lowest BCUT2D eigenvalue weighted by atomic mass is 9.93. The number of amides is 2. The molecule has 0 spiro atoms. The van der Waals surface area contributed by atoms with Gasteiger partial charge in [-0.05, 0) is 31.6 Å². The smallest absolute Gasteiger partial charge is 0.303 e. The molecule has 132 valence electrons. The zero-order chi connectivity index (χ0) is 17.2. The zero-order valence-electron chi connectivity index (χ0n) is 14.4. The van der Waals surface area contributed by atoms with Crippen molar-refractivity contribution < 1.29 is 19.5 Å². The van der Waals surface area contributed by atoms with Crippen molar-refractivity contribution in [2.45, 2.75) is 58.8 Å². The minimum absolute atomic E-state index is 0.0140. The topological polar surface area (TPSA) is 77.9 Å². The highest BCUT2D eigenvalue weighted by Crippen LogP contribution is 2.21. The Balaban J connectivity index is 2.33. The van der Waals surface area contributed by atoms with E-state index in [9.17, 15) is 14.4 Å². The summed E-state index contributed by atoms with van der Waals surface area (Å²) in [5, 5.41) is 8.80. The minimum atomic E-state index is -0.771. The van der Waals surface area contributed by atoms with Crippen molar-refractivity contribution in [3.63, 3.8) is 0 Å². The Bertz CT molecular complexity index is 397. The van der Waals surface area contributed by atoms with Gasteiger partial charge < -0.3 is 14.9 Å². The quantitative estimate of drug-likeness (QED) is 0.704. The van der Waals surface area contributed by atoms with Gasteiger partial charge in [-0.3, -0.25) is 14.4 Å². The largest absolute Gasteiger partial charge is 0.481 e. The molecule has 0 saturated carbocycles. The van der Waals surface area contributed by atoms with Gasteiger partial charge in [-0.1, -0.05) is 13.8 Å². The SMILES string of the molecule is CCCN(CCC)C(=O)CCC(=O)N1CCC(CC(=O)O)CC1. The third-order valence-corrected chi connectivity index (χ3v) is 4.32. The summed E-state index contributed by atoms with van der Waals surface area (Å²) < 4.78 is 0. The van der Waals surface area contributed by atoms with Gasteiger partial charge in [0.1, 0.15) is 0 Å². The predicted molar refractivity (Wildman–Crippen MR) is 88.0 cm³/mol. The number of rotatable bonds is 9. The first-order chi connectivity index (χ1) is 11.0. The fraction of sp³-hybridized carbons (Fsp3) is 0.824. The summed E-state index contributed by atoms with van der Waals surface area (Å²) in [7, 11) is 0. The van der Waals surface area contributed by atoms with E-state index < -0.39 is 5.97 Å². The van der Waals surface area contributed by atoms with E-state index in [1.54, 1.807) is 4.90 Å². The molecule has 6 heteroatoms. The van der Waals surface area contributed by atoms with E-state index in [1.165, 1.54) is 0 Å². The van der Waals surface area contributed by atoms with Crippen molar-refractivity contribution in [2.24, 2.45) is 5.92 Å². The van der Waals surface area contributed by atoms with Crippen LogP contribution in [0.1, 0.15) is 58.8 Å². The van der Waals surface area contributed by atoms with Gasteiger partial charge in [0, 0.05) is 45.4 Å². The lowest BCUT2D eigenvalue weighted by Gasteiger charge is -2.31. The molecule has 1 aliphatic rings. The second-order valence-corrected chi connectivity index (χ2v) is 6.30. The normalized spacial score (nSPS) is 15.5. The zero-order valence-corrected chi connectivity index (χ0v) is 14.4. The number of hydrogen-bond acceptors (Lipinski definition) is 3. The molecule has 1 rings (SSSR count). The van der Waals surface area contributed by atoms with Crippen molar-refractivity contribution in [3.8, 4) is 0 Å². The molecule has 23 heavy (non-hydrogen) atoms. The highest BCUT2D eigenvalue weighted by Gasteiger charge is 2.24. The number of carboxylic acid groups (broad SMARTS) is 1. The van der Waals surface area contributed by atoms with Gasteiger partial charge in [-0.2, -0.15) is 0 Å². The van der Waals surface area contributed by atoms with E-state index in [2.05, 4.69) is 0 Å². The van der Waals surface area contributed by atoms with E-state index >= 15 is 0 Å². The maximum atomic E-state index is 12.2. The fourth-order valence-electron chi connectivity index (χ4n) is 3.06. The molecule has 1 N–H and O–H groups in total. The Morgan fingerprint density at radius 1 is 1.04 bits per heavy atom. The maximum absolute atomic E-state index is 12.2. The van der Waals surface area contributed by atoms with Crippen molar-refractivity contribution in [1.82, 2.24) is 9.80 Å². The van der Waals surface area contributed by atoms with E-state index in [0.29, 0.717) is 13.1 Å². The third kappa shape index (κ3) is 7.01. The highest BCUT2D eigenvalue weighted by molar-refractivity contribution is 5.83. The number of carbonyl (C=O) groups excluding carboxylic acids is 2. The number of hydrogen-bond donors (Lipinski definition) is 1. The highest BCUT2D eigenvalue weighted by atomic mass is 16.4. The Hall–Kier alpha value is -1.59. The minimum Gasteiger partial charge on any atom is -0.481 e. The molecule has 0 unspecified atom stereocenters. The Kier molecular flexibility index (Phi) is 8.66. The monoisotopic (exact) mass is 326 g/mol. The van der Waals surface area contributed by atoms with E-state index in [0.717, 1.165) is 38.8 Å². The van der Waals surface area contributed by atoms with Gasteiger partial charge >= 0.3 is 5.97 Å². The summed E-state index contributed by atoms with van der Waals surface area (Å²) >= 11 is 0. The molecule has 0 atom stereocenters.